The summed E-state index contributed by atoms with van der Waals surface area (Å²) >= 11 is 0. The Morgan fingerprint density at radius 1 is 1.07 bits per heavy atom. The van der Waals surface area contributed by atoms with E-state index in [0.717, 1.165) is 13.1 Å². The van der Waals surface area contributed by atoms with Crippen molar-refractivity contribution < 1.29 is 0 Å². The average Bonchev–Trinajstić information content (AvgIpc) is 2.23. The summed E-state index contributed by atoms with van der Waals surface area (Å²) in [5, 5.41) is 0. The monoisotopic (exact) mass is 193 g/mol. The van der Waals surface area contributed by atoms with Crippen molar-refractivity contribution in [2.45, 2.75) is 34.6 Å². The Hall–Kier alpha value is -0.980. The largest absolute Gasteiger partial charge is 0.372 e. The molecule has 0 saturated heterocycles. The van der Waals surface area contributed by atoms with Gasteiger partial charge in [0.05, 0.1) is 0 Å². The van der Waals surface area contributed by atoms with Gasteiger partial charge in [0.15, 0.2) is 0 Å². The van der Waals surface area contributed by atoms with Crippen LogP contribution in [0.3, 0.4) is 0 Å². The number of rotatable bonds is 3. The van der Waals surface area contributed by atoms with Crippen LogP contribution in [-0.4, -0.2) is 13.1 Å². The molecule has 1 rings (SSSR count). The van der Waals surface area contributed by atoms with E-state index in [9.17, 15) is 0 Å². The van der Waals surface area contributed by atoms with Crippen molar-refractivity contribution in [2.75, 3.05) is 18.0 Å². The number of nitrogens with zero attached hydrogens (tertiary/aromatic N) is 1. The van der Waals surface area contributed by atoms with Crippen molar-refractivity contribution in [3.8, 4) is 0 Å². The van der Waals surface area contributed by atoms with Gasteiger partial charge in [-0.05, 0) is 38.5 Å². The fourth-order valence-corrected chi connectivity index (χ4v) is 1.41. The molecule has 0 bridgehead atoms. The summed E-state index contributed by atoms with van der Waals surface area (Å²) in [6.07, 6.45) is 0. The zero-order valence-corrected chi connectivity index (χ0v) is 10.2. The van der Waals surface area contributed by atoms with Crippen LogP contribution in [0, 0.1) is 6.92 Å². The van der Waals surface area contributed by atoms with Crippen molar-refractivity contribution in [2.24, 2.45) is 0 Å². The Kier molecular flexibility index (Phi) is 6.91. The summed E-state index contributed by atoms with van der Waals surface area (Å²) in [6, 6.07) is 8.64. The fourth-order valence-electron chi connectivity index (χ4n) is 1.41. The van der Waals surface area contributed by atoms with Gasteiger partial charge in [0, 0.05) is 18.8 Å². The van der Waals surface area contributed by atoms with Crippen molar-refractivity contribution in [1.29, 1.82) is 0 Å². The molecule has 14 heavy (non-hydrogen) atoms. The third-order valence-corrected chi connectivity index (χ3v) is 2.13. The summed E-state index contributed by atoms with van der Waals surface area (Å²) in [6.45, 7) is 12.7. The van der Waals surface area contributed by atoms with Crippen LogP contribution in [0.15, 0.2) is 24.3 Å². The summed E-state index contributed by atoms with van der Waals surface area (Å²) in [7, 11) is 0. The maximum Gasteiger partial charge on any atom is 0.0368 e. The minimum Gasteiger partial charge on any atom is -0.372 e. The minimum atomic E-state index is 1.08. The smallest absolute Gasteiger partial charge is 0.0368 e. The van der Waals surface area contributed by atoms with E-state index in [1.807, 2.05) is 13.8 Å². The van der Waals surface area contributed by atoms with Gasteiger partial charge in [-0.25, -0.2) is 0 Å². The first-order valence-electron chi connectivity index (χ1n) is 5.59. The molecule has 1 nitrogen and oxygen atoms in total. The van der Waals surface area contributed by atoms with Gasteiger partial charge < -0.3 is 4.90 Å². The lowest BCUT2D eigenvalue weighted by Gasteiger charge is -2.21. The Morgan fingerprint density at radius 3 is 2.07 bits per heavy atom. The Balaban J connectivity index is 0.000000791. The molecule has 80 valence electrons. The van der Waals surface area contributed by atoms with Gasteiger partial charge in [-0.2, -0.15) is 0 Å². The van der Waals surface area contributed by atoms with Gasteiger partial charge in [0.2, 0.25) is 0 Å². The first-order valence-corrected chi connectivity index (χ1v) is 5.59. The molecule has 0 aliphatic heterocycles. The van der Waals surface area contributed by atoms with Crippen LogP contribution in [0.1, 0.15) is 33.3 Å². The fraction of sp³-hybridized carbons (Fsp3) is 0.538. The number of anilines is 1. The molecule has 0 aromatic heterocycles. The van der Waals surface area contributed by atoms with Gasteiger partial charge in [-0.15, -0.1) is 0 Å². The van der Waals surface area contributed by atoms with Crippen LogP contribution >= 0.6 is 0 Å². The highest BCUT2D eigenvalue weighted by atomic mass is 15.1. The van der Waals surface area contributed by atoms with Crippen LogP contribution in [-0.2, 0) is 0 Å². The van der Waals surface area contributed by atoms with Crippen LogP contribution in [0.25, 0.3) is 0 Å². The molecule has 1 aromatic carbocycles. The Bertz CT molecular complexity index is 239. The van der Waals surface area contributed by atoms with Gasteiger partial charge in [0.1, 0.15) is 0 Å². The molecule has 1 aromatic rings. The Morgan fingerprint density at radius 2 is 1.64 bits per heavy atom. The minimum absolute atomic E-state index is 1.08. The zero-order valence-electron chi connectivity index (χ0n) is 10.2. The molecule has 0 radical (unpaired) electrons. The van der Waals surface area contributed by atoms with Crippen LogP contribution in [0.4, 0.5) is 5.69 Å². The summed E-state index contributed by atoms with van der Waals surface area (Å²) in [5.74, 6) is 0. The van der Waals surface area contributed by atoms with Gasteiger partial charge >= 0.3 is 0 Å². The van der Waals surface area contributed by atoms with Crippen molar-refractivity contribution >= 4 is 5.69 Å². The molecule has 1 heteroatoms. The second-order valence-electron chi connectivity index (χ2n) is 3.01. The summed E-state index contributed by atoms with van der Waals surface area (Å²) < 4.78 is 0. The van der Waals surface area contributed by atoms with Crippen LogP contribution in [0.5, 0.6) is 0 Å². The topological polar surface area (TPSA) is 3.24 Å². The van der Waals surface area contributed by atoms with Gasteiger partial charge in [-0.3, -0.25) is 0 Å². The van der Waals surface area contributed by atoms with E-state index in [4.69, 9.17) is 0 Å². The maximum atomic E-state index is 2.35. The number of aryl methyl sites for hydroxylation is 1. The molecular formula is C13H23N. The molecule has 0 saturated carbocycles. The predicted molar refractivity (Wildman–Crippen MR) is 66.1 cm³/mol. The van der Waals surface area contributed by atoms with E-state index in [2.05, 4.69) is 49.9 Å². The maximum absolute atomic E-state index is 2.35. The summed E-state index contributed by atoms with van der Waals surface area (Å²) in [4.78, 5) is 2.35. The third-order valence-electron chi connectivity index (χ3n) is 2.13. The highest BCUT2D eigenvalue weighted by Crippen LogP contribution is 2.14. The number of benzene rings is 1. The van der Waals surface area contributed by atoms with Crippen molar-refractivity contribution in [1.82, 2.24) is 0 Å². The van der Waals surface area contributed by atoms with Crippen molar-refractivity contribution in [3.63, 3.8) is 0 Å². The second kappa shape index (κ2) is 7.43. The third kappa shape index (κ3) is 3.82. The lowest BCUT2D eigenvalue weighted by molar-refractivity contribution is 0.865. The van der Waals surface area contributed by atoms with E-state index in [-0.39, 0.29) is 0 Å². The predicted octanol–water partition coefficient (Wildman–Crippen LogP) is 3.87. The van der Waals surface area contributed by atoms with E-state index >= 15 is 0 Å². The second-order valence-corrected chi connectivity index (χ2v) is 3.01. The lowest BCUT2D eigenvalue weighted by atomic mass is 10.2. The van der Waals surface area contributed by atoms with Crippen molar-refractivity contribution in [3.05, 3.63) is 29.8 Å². The highest BCUT2D eigenvalue weighted by Gasteiger charge is 1.99. The Labute approximate surface area is 88.8 Å². The average molecular weight is 193 g/mol. The lowest BCUT2D eigenvalue weighted by Crippen LogP contribution is -2.21. The molecule has 0 heterocycles. The quantitative estimate of drug-likeness (QED) is 0.704. The van der Waals surface area contributed by atoms with E-state index in [1.54, 1.807) is 0 Å². The van der Waals surface area contributed by atoms with Gasteiger partial charge in [0.25, 0.3) is 0 Å². The molecule has 0 N–H and O–H groups in total. The van der Waals surface area contributed by atoms with Crippen LogP contribution in [0.2, 0.25) is 0 Å². The number of hydrogen-bond donors (Lipinski definition) is 0. The zero-order chi connectivity index (χ0) is 11.0. The van der Waals surface area contributed by atoms with E-state index in [0.29, 0.717) is 0 Å². The molecule has 0 unspecified atom stereocenters. The van der Waals surface area contributed by atoms with E-state index in [1.165, 1.54) is 11.3 Å². The first-order chi connectivity index (χ1) is 6.77. The molecule has 0 aliphatic rings. The van der Waals surface area contributed by atoms with Crippen LogP contribution < -0.4 is 4.90 Å². The van der Waals surface area contributed by atoms with E-state index < -0.39 is 0 Å². The molecule has 0 fully saturated rings. The molecule has 0 aliphatic carbocycles. The highest BCUT2D eigenvalue weighted by molar-refractivity contribution is 5.47. The summed E-state index contributed by atoms with van der Waals surface area (Å²) in [5.41, 5.74) is 2.67. The molecular weight excluding hydrogens is 170 g/mol. The first kappa shape index (κ1) is 13.0. The molecule has 0 atom stereocenters. The van der Waals surface area contributed by atoms with Gasteiger partial charge in [-0.1, -0.05) is 26.0 Å². The SMILES string of the molecule is CC.CCN(CC)c1cccc(C)c1. The molecule has 0 spiro atoms. The standard InChI is InChI=1S/C11H17N.C2H6/c1-4-12(5-2)11-8-6-7-10(3)9-11;1-2/h6-9H,4-5H2,1-3H3;1-2H3. The molecule has 0 amide bonds. The normalized spacial score (nSPS) is 8.93. The number of hydrogen-bond acceptors (Lipinski definition) is 1.